The lowest BCUT2D eigenvalue weighted by Crippen LogP contribution is -2.51. The van der Waals surface area contributed by atoms with Gasteiger partial charge in [-0.05, 0) is 55.0 Å². The molecular formula is C29H35ClF2N4O5S. The molecule has 9 nitrogen and oxygen atoms in total. The molecule has 1 saturated heterocycles. The van der Waals surface area contributed by atoms with Crippen LogP contribution in [0, 0.1) is 11.3 Å². The van der Waals surface area contributed by atoms with E-state index in [1.807, 2.05) is 6.07 Å². The molecule has 1 aromatic heterocycles. The lowest BCUT2D eigenvalue weighted by molar-refractivity contribution is -0.135. The number of ether oxygens (including phenoxy) is 1. The zero-order valence-corrected chi connectivity index (χ0v) is 25.0. The average molecular weight is 625 g/mol. The molecule has 0 bridgehead atoms. The molecule has 1 aromatic carbocycles. The third kappa shape index (κ3) is 7.38. The van der Waals surface area contributed by atoms with E-state index in [1.165, 1.54) is 12.3 Å². The summed E-state index contributed by atoms with van der Waals surface area (Å²) in [5.41, 5.74) is 1.16. The van der Waals surface area contributed by atoms with Gasteiger partial charge in [0, 0.05) is 74.5 Å². The second-order valence-corrected chi connectivity index (χ2v) is 14.1. The van der Waals surface area contributed by atoms with Gasteiger partial charge in [-0.15, -0.1) is 0 Å². The summed E-state index contributed by atoms with van der Waals surface area (Å²) in [4.78, 5) is 33.6. The van der Waals surface area contributed by atoms with Gasteiger partial charge in [-0.3, -0.25) is 19.5 Å². The van der Waals surface area contributed by atoms with Gasteiger partial charge in [0.1, 0.15) is 12.4 Å². The summed E-state index contributed by atoms with van der Waals surface area (Å²) >= 11 is 6.26. The van der Waals surface area contributed by atoms with E-state index in [-0.39, 0.29) is 54.0 Å². The fraction of sp³-hybridized carbons (Fsp3) is 0.552. The van der Waals surface area contributed by atoms with Crippen molar-refractivity contribution in [2.75, 3.05) is 39.0 Å². The fourth-order valence-electron chi connectivity index (χ4n) is 5.86. The fourth-order valence-corrected chi connectivity index (χ4v) is 6.61. The molecule has 1 spiro atoms. The van der Waals surface area contributed by atoms with Crippen LogP contribution < -0.4 is 10.1 Å². The number of amides is 2. The van der Waals surface area contributed by atoms with Gasteiger partial charge in [-0.1, -0.05) is 11.6 Å². The number of carbonyl (C=O) groups is 2. The smallest absolute Gasteiger partial charge is 0.248 e. The highest BCUT2D eigenvalue weighted by atomic mass is 35.5. The number of sulfone groups is 1. The third-order valence-electron chi connectivity index (χ3n) is 8.64. The Bertz CT molecular complexity index is 1420. The van der Waals surface area contributed by atoms with Gasteiger partial charge in [-0.25, -0.2) is 17.2 Å². The Hall–Kier alpha value is -2.83. The number of rotatable bonds is 9. The number of nitrogens with zero attached hydrogens (tertiary/aromatic N) is 3. The van der Waals surface area contributed by atoms with E-state index in [0.717, 1.165) is 11.8 Å². The number of benzene rings is 1. The van der Waals surface area contributed by atoms with Crippen molar-refractivity contribution in [2.24, 2.45) is 11.3 Å². The summed E-state index contributed by atoms with van der Waals surface area (Å²) in [6.07, 6.45) is 3.46. The molecule has 2 aromatic rings. The van der Waals surface area contributed by atoms with Crippen LogP contribution in [0.25, 0.3) is 0 Å². The van der Waals surface area contributed by atoms with Crippen molar-refractivity contribution >= 4 is 33.3 Å². The monoisotopic (exact) mass is 624 g/mol. The van der Waals surface area contributed by atoms with E-state index in [9.17, 15) is 26.8 Å². The van der Waals surface area contributed by atoms with E-state index in [0.29, 0.717) is 68.5 Å². The molecule has 13 heteroatoms. The van der Waals surface area contributed by atoms with Crippen LogP contribution in [0.2, 0.25) is 5.02 Å². The van der Waals surface area contributed by atoms with E-state index < -0.39 is 15.8 Å². The number of hydrogen-bond donors (Lipinski definition) is 1. The molecule has 42 heavy (non-hydrogen) atoms. The van der Waals surface area contributed by atoms with Gasteiger partial charge in [0.15, 0.2) is 9.84 Å². The first kappa shape index (κ1) is 30.6. The minimum absolute atomic E-state index is 0.0902. The number of nitrogens with one attached hydrogen (secondary N) is 1. The molecule has 1 atom stereocenters. The number of pyridine rings is 1. The van der Waals surface area contributed by atoms with E-state index in [1.54, 1.807) is 23.1 Å². The van der Waals surface area contributed by atoms with Crippen molar-refractivity contribution in [2.45, 2.75) is 56.1 Å². The lowest BCUT2D eigenvalue weighted by Gasteiger charge is -2.35. The number of aromatic nitrogens is 1. The van der Waals surface area contributed by atoms with Crippen LogP contribution in [-0.4, -0.2) is 79.9 Å². The van der Waals surface area contributed by atoms with Crippen LogP contribution >= 0.6 is 11.6 Å². The molecule has 2 aliphatic carbocycles. The number of carbonyl (C=O) groups excluding carboxylic acids is 2. The minimum Gasteiger partial charge on any atom is -0.487 e. The Morgan fingerprint density at radius 1 is 1.10 bits per heavy atom. The van der Waals surface area contributed by atoms with Gasteiger partial charge in [0.25, 0.3) is 0 Å². The highest BCUT2D eigenvalue weighted by Gasteiger charge is 2.60. The largest absolute Gasteiger partial charge is 0.487 e. The summed E-state index contributed by atoms with van der Waals surface area (Å²) in [7, 11) is -3.33. The van der Waals surface area contributed by atoms with Crippen LogP contribution in [0.15, 0.2) is 41.4 Å². The molecule has 2 amide bonds. The minimum atomic E-state index is -3.33. The first-order valence-electron chi connectivity index (χ1n) is 14.1. The molecule has 1 N–H and O–H groups in total. The average Bonchev–Trinajstić information content (AvgIpc) is 3.67. The number of hydrogen-bond acceptors (Lipinski definition) is 7. The van der Waals surface area contributed by atoms with Crippen LogP contribution in [0.5, 0.6) is 5.75 Å². The highest BCUT2D eigenvalue weighted by Crippen LogP contribution is 2.63. The SMILES string of the molecule is CS(=O)(=O)c1ccc(COc2ccc(Cl)cc2CN2CCN(C(=O)CNC(=O)C3CC34CCC(F)(F)CC4)CC2)nc1. The molecule has 2 heterocycles. The van der Waals surface area contributed by atoms with Crippen LogP contribution in [0.1, 0.15) is 43.4 Å². The number of halogens is 3. The highest BCUT2D eigenvalue weighted by molar-refractivity contribution is 7.90. The molecular weight excluding hydrogens is 590 g/mol. The van der Waals surface area contributed by atoms with Crippen LogP contribution in [0.4, 0.5) is 8.78 Å². The van der Waals surface area contributed by atoms with Crippen LogP contribution in [0.3, 0.4) is 0 Å². The predicted molar refractivity (Wildman–Crippen MR) is 152 cm³/mol. The van der Waals surface area contributed by atoms with Crippen molar-refractivity contribution in [1.82, 2.24) is 20.1 Å². The zero-order chi connectivity index (χ0) is 30.1. The maximum absolute atomic E-state index is 13.5. The molecule has 228 valence electrons. The Morgan fingerprint density at radius 3 is 2.45 bits per heavy atom. The standard InChI is InChI=1S/C29H35ClF2N4O5S/c1-42(39,40)23-4-3-22(33-16-23)19-41-25-5-2-21(30)14-20(25)18-35-10-12-36(13-11-35)26(37)17-34-27(38)24-15-28(24)6-8-29(31,32)9-7-28/h2-5,14,16,24H,6-13,15,17-19H2,1H3,(H,34,38). The van der Waals surface area contributed by atoms with Gasteiger partial charge in [0.05, 0.1) is 17.1 Å². The van der Waals surface area contributed by atoms with E-state index in [4.69, 9.17) is 16.3 Å². The summed E-state index contributed by atoms with van der Waals surface area (Å²) in [6, 6.07) is 8.47. The van der Waals surface area contributed by atoms with E-state index >= 15 is 0 Å². The molecule has 0 radical (unpaired) electrons. The molecule has 5 rings (SSSR count). The van der Waals surface area contributed by atoms with Crippen molar-refractivity contribution < 1.29 is 31.5 Å². The topological polar surface area (TPSA) is 109 Å². The number of alkyl halides is 2. The maximum atomic E-state index is 13.5. The normalized spacial score (nSPS) is 21.6. The van der Waals surface area contributed by atoms with Crippen LogP contribution in [-0.2, 0) is 32.6 Å². The summed E-state index contributed by atoms with van der Waals surface area (Å²) in [5, 5.41) is 3.31. The zero-order valence-electron chi connectivity index (χ0n) is 23.5. The predicted octanol–water partition coefficient (Wildman–Crippen LogP) is 3.69. The molecule has 3 fully saturated rings. The summed E-state index contributed by atoms with van der Waals surface area (Å²) < 4.78 is 56.3. The summed E-state index contributed by atoms with van der Waals surface area (Å²) in [5.74, 6) is -2.62. The van der Waals surface area contributed by atoms with Crippen molar-refractivity contribution in [1.29, 1.82) is 0 Å². The third-order valence-corrected chi connectivity index (χ3v) is 9.97. The van der Waals surface area contributed by atoms with Crippen molar-refractivity contribution in [3.8, 4) is 5.75 Å². The Labute approximate surface area is 249 Å². The van der Waals surface area contributed by atoms with Gasteiger partial charge in [0.2, 0.25) is 17.7 Å². The Balaban J connectivity index is 1.07. The second-order valence-electron chi connectivity index (χ2n) is 11.6. The van der Waals surface area contributed by atoms with Gasteiger partial charge in [-0.2, -0.15) is 0 Å². The van der Waals surface area contributed by atoms with Gasteiger partial charge < -0.3 is 15.0 Å². The molecule has 3 aliphatic rings. The Kier molecular flexibility index (Phi) is 8.78. The molecule has 2 saturated carbocycles. The number of piperazine rings is 1. The second kappa shape index (κ2) is 12.0. The quantitative estimate of drug-likeness (QED) is 0.453. The first-order chi connectivity index (χ1) is 19.8. The summed E-state index contributed by atoms with van der Waals surface area (Å²) in [6.45, 7) is 2.88. The Morgan fingerprint density at radius 2 is 1.81 bits per heavy atom. The van der Waals surface area contributed by atoms with Gasteiger partial charge >= 0.3 is 0 Å². The van der Waals surface area contributed by atoms with Crippen molar-refractivity contribution in [3.63, 3.8) is 0 Å². The molecule has 1 unspecified atom stereocenters. The van der Waals surface area contributed by atoms with E-state index in [2.05, 4.69) is 15.2 Å². The lowest BCUT2D eigenvalue weighted by atomic mass is 9.82. The van der Waals surface area contributed by atoms with Crippen molar-refractivity contribution in [3.05, 3.63) is 52.8 Å². The maximum Gasteiger partial charge on any atom is 0.248 e. The first-order valence-corrected chi connectivity index (χ1v) is 16.3. The molecule has 1 aliphatic heterocycles.